The van der Waals surface area contributed by atoms with Gasteiger partial charge in [-0.25, -0.2) is 9.97 Å². The van der Waals surface area contributed by atoms with Crippen molar-refractivity contribution in [3.63, 3.8) is 0 Å². The van der Waals surface area contributed by atoms with Gasteiger partial charge in [-0.2, -0.15) is 4.98 Å². The molecular weight excluding hydrogens is 470 g/mol. The van der Waals surface area contributed by atoms with Crippen molar-refractivity contribution in [2.75, 3.05) is 17.7 Å². The topological polar surface area (TPSA) is 145 Å². The van der Waals surface area contributed by atoms with Crippen LogP contribution in [-0.4, -0.2) is 36.4 Å². The average Bonchev–Trinajstić information content (AvgIpc) is 3.33. The van der Waals surface area contributed by atoms with E-state index in [0.29, 0.717) is 39.5 Å². The quantitative estimate of drug-likeness (QED) is 0.314. The third-order valence-corrected chi connectivity index (χ3v) is 5.81. The van der Waals surface area contributed by atoms with Crippen LogP contribution in [0, 0.1) is 18.8 Å². The minimum Gasteiger partial charge on any atom is -0.384 e. The van der Waals surface area contributed by atoms with Crippen molar-refractivity contribution < 1.29 is 9.63 Å². The number of nitrogens with one attached hydrogen (secondary N) is 1. The fourth-order valence-electron chi connectivity index (χ4n) is 4.18. The molecule has 4 N–H and O–H groups in total. The number of fused-ring (bicyclic) bond motifs is 1. The molecule has 1 unspecified atom stereocenters. The van der Waals surface area contributed by atoms with Crippen molar-refractivity contribution in [1.82, 2.24) is 24.7 Å². The summed E-state index contributed by atoms with van der Waals surface area (Å²) in [5, 5.41) is 17.6. The van der Waals surface area contributed by atoms with Crippen LogP contribution in [0.25, 0.3) is 27.9 Å². The van der Waals surface area contributed by atoms with Gasteiger partial charge in [-0.05, 0) is 43.5 Å². The van der Waals surface area contributed by atoms with Gasteiger partial charge in [0.15, 0.2) is 5.82 Å². The molecule has 0 saturated heterocycles. The number of para-hydroxylation sites is 1. The molecule has 184 valence electrons. The van der Waals surface area contributed by atoms with Gasteiger partial charge in [0, 0.05) is 16.9 Å². The zero-order valence-corrected chi connectivity index (χ0v) is 20.1. The first-order valence-electron chi connectivity index (χ1n) is 11.5. The second-order valence-electron chi connectivity index (χ2n) is 8.27. The maximum Gasteiger partial charge on any atom is 0.265 e. The van der Waals surface area contributed by atoms with Crippen LogP contribution in [0.5, 0.6) is 0 Å². The summed E-state index contributed by atoms with van der Waals surface area (Å²) in [4.78, 5) is 26.7. The van der Waals surface area contributed by atoms with E-state index >= 15 is 0 Å². The normalized spacial score (nSPS) is 11.6. The first kappa shape index (κ1) is 23.7. The maximum absolute atomic E-state index is 14.0. The van der Waals surface area contributed by atoms with Gasteiger partial charge in [0.1, 0.15) is 30.1 Å². The number of benzene rings is 2. The van der Waals surface area contributed by atoms with Gasteiger partial charge in [-0.1, -0.05) is 47.3 Å². The number of aryl methyl sites for hydroxylation is 1. The van der Waals surface area contributed by atoms with E-state index in [0.717, 1.165) is 5.39 Å². The van der Waals surface area contributed by atoms with Crippen LogP contribution in [0.3, 0.4) is 0 Å². The molecule has 0 amide bonds. The third-order valence-electron chi connectivity index (χ3n) is 5.81. The molecule has 10 heteroatoms. The molecule has 3 heterocycles. The first-order valence-corrected chi connectivity index (χ1v) is 11.5. The number of rotatable bonds is 5. The van der Waals surface area contributed by atoms with Crippen LogP contribution in [0.2, 0.25) is 0 Å². The summed E-state index contributed by atoms with van der Waals surface area (Å²) in [6, 6.07) is 16.3. The number of aliphatic hydroxyl groups excluding tert-OH is 1. The number of nitrogens with two attached hydrogens (primary N) is 1. The van der Waals surface area contributed by atoms with Crippen LogP contribution in [0.15, 0.2) is 70.2 Å². The fourth-order valence-corrected chi connectivity index (χ4v) is 4.18. The zero-order chi connectivity index (χ0) is 25.9. The molecular formula is C27H23N7O3. The average molecular weight is 494 g/mol. The van der Waals surface area contributed by atoms with Gasteiger partial charge in [-0.3, -0.25) is 9.36 Å². The van der Waals surface area contributed by atoms with Crippen molar-refractivity contribution in [3.8, 4) is 29.0 Å². The summed E-state index contributed by atoms with van der Waals surface area (Å²) in [6.45, 7) is 3.32. The highest BCUT2D eigenvalue weighted by Crippen LogP contribution is 2.32. The number of nitrogens with zero attached hydrogens (tertiary/aromatic N) is 5. The van der Waals surface area contributed by atoms with E-state index in [9.17, 15) is 9.90 Å². The van der Waals surface area contributed by atoms with Gasteiger partial charge in [0.2, 0.25) is 0 Å². The molecule has 0 aliphatic carbocycles. The lowest BCUT2D eigenvalue weighted by atomic mass is 10.0. The molecule has 37 heavy (non-hydrogen) atoms. The number of hydrogen-bond acceptors (Lipinski definition) is 9. The smallest absolute Gasteiger partial charge is 0.265 e. The van der Waals surface area contributed by atoms with E-state index < -0.39 is 6.04 Å². The molecule has 3 aromatic heterocycles. The van der Waals surface area contributed by atoms with Crippen LogP contribution in [0.4, 0.5) is 11.6 Å². The summed E-state index contributed by atoms with van der Waals surface area (Å²) in [5.41, 5.74) is 8.22. The second-order valence-corrected chi connectivity index (χ2v) is 8.27. The number of aliphatic hydroxyl groups is 1. The number of aromatic nitrogens is 5. The molecule has 0 aliphatic rings. The van der Waals surface area contributed by atoms with Gasteiger partial charge in [-0.15, -0.1) is 0 Å². The standard InChI is InChI=1S/C27H23N7O3/c1-16(31-25-23(24(28)29-15-30-25)26-32-17(2)33-37-26)21-14-19-9-6-8-18(10-7-13-35)22(19)27(36)34(21)20-11-4-3-5-12-20/h3-6,8-9,11-12,14-16,35H,13H2,1-2H3,(H3,28,29,30,31). The van der Waals surface area contributed by atoms with Crippen LogP contribution in [0.1, 0.15) is 30.0 Å². The molecule has 0 saturated carbocycles. The molecule has 0 spiro atoms. The summed E-state index contributed by atoms with van der Waals surface area (Å²) in [6.07, 6.45) is 1.34. The van der Waals surface area contributed by atoms with Crippen LogP contribution < -0.4 is 16.6 Å². The summed E-state index contributed by atoms with van der Waals surface area (Å²) in [7, 11) is 0. The molecule has 1 atom stereocenters. The highest BCUT2D eigenvalue weighted by atomic mass is 16.5. The molecule has 5 rings (SSSR count). The molecule has 10 nitrogen and oxygen atoms in total. The van der Waals surface area contributed by atoms with Gasteiger partial charge in [0.05, 0.1) is 11.4 Å². The lowest BCUT2D eigenvalue weighted by molar-refractivity contribution is 0.350. The summed E-state index contributed by atoms with van der Waals surface area (Å²) >= 11 is 0. The van der Waals surface area contributed by atoms with Gasteiger partial charge in [0.25, 0.3) is 11.4 Å². The van der Waals surface area contributed by atoms with Crippen molar-refractivity contribution in [1.29, 1.82) is 0 Å². The van der Waals surface area contributed by atoms with E-state index in [4.69, 9.17) is 10.3 Å². The minimum absolute atomic E-state index is 0.180. The van der Waals surface area contributed by atoms with Crippen LogP contribution >= 0.6 is 0 Å². The van der Waals surface area contributed by atoms with Crippen LogP contribution in [-0.2, 0) is 0 Å². The van der Waals surface area contributed by atoms with E-state index in [2.05, 4.69) is 37.3 Å². The molecule has 2 aromatic carbocycles. The Morgan fingerprint density at radius 3 is 2.70 bits per heavy atom. The SMILES string of the molecule is Cc1noc(-c2c(N)ncnc2NC(C)c2cc3cccc(C#CCO)c3c(=O)n2-c2ccccc2)n1. The Hall–Kier alpha value is -5.01. The van der Waals surface area contributed by atoms with Crippen molar-refractivity contribution in [3.05, 3.63) is 88.4 Å². The van der Waals surface area contributed by atoms with Crippen molar-refractivity contribution in [2.24, 2.45) is 0 Å². The predicted octanol–water partition coefficient (Wildman–Crippen LogP) is 3.24. The molecule has 5 aromatic rings. The molecule has 0 radical (unpaired) electrons. The minimum atomic E-state index is -0.415. The monoisotopic (exact) mass is 493 g/mol. The van der Waals surface area contributed by atoms with E-state index in [1.165, 1.54) is 6.33 Å². The zero-order valence-electron chi connectivity index (χ0n) is 20.1. The lowest BCUT2D eigenvalue weighted by Crippen LogP contribution is -2.26. The second kappa shape index (κ2) is 9.93. The van der Waals surface area contributed by atoms with Gasteiger partial charge >= 0.3 is 0 Å². The number of anilines is 2. The number of nitrogen functional groups attached to an aromatic ring is 1. The van der Waals surface area contributed by atoms with Crippen molar-refractivity contribution in [2.45, 2.75) is 19.9 Å². The highest BCUT2D eigenvalue weighted by Gasteiger charge is 2.22. The largest absolute Gasteiger partial charge is 0.384 e. The predicted molar refractivity (Wildman–Crippen MR) is 140 cm³/mol. The Morgan fingerprint density at radius 1 is 1.16 bits per heavy atom. The Bertz CT molecular complexity index is 1720. The van der Waals surface area contributed by atoms with Crippen molar-refractivity contribution >= 4 is 22.4 Å². The maximum atomic E-state index is 14.0. The van der Waals surface area contributed by atoms with E-state index in [1.54, 1.807) is 17.6 Å². The summed E-state index contributed by atoms with van der Waals surface area (Å²) in [5.74, 6) is 6.74. The Balaban J connectivity index is 1.69. The van der Waals surface area contributed by atoms with E-state index in [1.807, 2.05) is 55.5 Å². The summed E-state index contributed by atoms with van der Waals surface area (Å²) < 4.78 is 6.97. The van der Waals surface area contributed by atoms with Gasteiger partial charge < -0.3 is 20.7 Å². The lowest BCUT2D eigenvalue weighted by Gasteiger charge is -2.22. The van der Waals surface area contributed by atoms with E-state index in [-0.39, 0.29) is 23.9 Å². The fraction of sp³-hybridized carbons (Fsp3) is 0.148. The molecule has 0 aliphatic heterocycles. The first-order chi connectivity index (χ1) is 18.0. The number of hydrogen-bond donors (Lipinski definition) is 3. The molecule has 0 bridgehead atoms. The highest BCUT2D eigenvalue weighted by molar-refractivity contribution is 5.88. The Kier molecular flexibility index (Phi) is 6.36. The third kappa shape index (κ3) is 4.51. The Labute approximate surface area is 211 Å². The molecule has 0 fully saturated rings. The number of pyridine rings is 1. The Morgan fingerprint density at radius 2 is 1.97 bits per heavy atom.